The van der Waals surface area contributed by atoms with Gasteiger partial charge in [-0.15, -0.1) is 21.9 Å². The number of ether oxygens (including phenoxy) is 2. The van der Waals surface area contributed by atoms with Crippen LogP contribution in [0.4, 0.5) is 0 Å². The van der Waals surface area contributed by atoms with Crippen molar-refractivity contribution < 1.29 is 35.2 Å². The molecule has 1 aromatic carbocycles. The third kappa shape index (κ3) is 5.54. The first-order valence-corrected chi connectivity index (χ1v) is 11.1. The van der Waals surface area contributed by atoms with Crippen molar-refractivity contribution in [2.75, 3.05) is 26.4 Å². The number of benzene rings is 1. The van der Waals surface area contributed by atoms with E-state index in [1.165, 1.54) is 16.7 Å². The van der Waals surface area contributed by atoms with E-state index in [0.717, 1.165) is 0 Å². The van der Waals surface area contributed by atoms with Crippen LogP contribution in [-0.2, 0) is 28.7 Å². The minimum absolute atomic E-state index is 0. The highest BCUT2D eigenvalue weighted by atomic mass is 32.2. The van der Waals surface area contributed by atoms with E-state index in [9.17, 15) is 24.5 Å². The van der Waals surface area contributed by atoms with Crippen molar-refractivity contribution in [3.8, 4) is 0 Å². The normalized spacial score (nSPS) is 23.8. The molecular weight excluding hydrogens is 456 g/mol. The molecule has 2 saturated heterocycles. The standard InChI is InChI=1S/C20H26N4O8S.H2/c1-20(2)15(19(27)31-10-8-30-9-11-32-24(28)29)23-17(26)14(18(23)33-20)22-16(25)13(21)12-6-4-3-5-7-12;/h3-7,13-15,18H,8-11,21H2,1-2H3,(H,22,25);1H/t13-,14?,15?,18?;/m0./s1. The van der Waals surface area contributed by atoms with Crippen molar-refractivity contribution >= 4 is 29.5 Å². The highest BCUT2D eigenvalue weighted by Gasteiger charge is 2.64. The van der Waals surface area contributed by atoms with Crippen molar-refractivity contribution in [3.05, 3.63) is 46.0 Å². The zero-order valence-electron chi connectivity index (χ0n) is 18.2. The number of esters is 1. The summed E-state index contributed by atoms with van der Waals surface area (Å²) in [5.74, 6) is -1.43. The van der Waals surface area contributed by atoms with Crippen LogP contribution in [0.2, 0.25) is 0 Å². The Hall–Kier alpha value is -2.90. The zero-order chi connectivity index (χ0) is 24.2. The SMILES string of the molecule is CC1(C)SC2C(NC(=O)[C@@H](N)c3ccccc3)C(=O)N2C1C(=O)OCCOCCO[N+](=O)[O-].[HH]. The van der Waals surface area contributed by atoms with Gasteiger partial charge in [-0.2, -0.15) is 0 Å². The zero-order valence-corrected chi connectivity index (χ0v) is 19.0. The molecule has 3 rings (SSSR count). The maximum absolute atomic E-state index is 12.8. The monoisotopic (exact) mass is 484 g/mol. The smallest absolute Gasteiger partial charge is 0.330 e. The summed E-state index contributed by atoms with van der Waals surface area (Å²) >= 11 is 1.41. The van der Waals surface area contributed by atoms with E-state index in [4.69, 9.17) is 15.2 Å². The molecule has 13 heteroatoms. The molecule has 3 unspecified atom stereocenters. The molecule has 0 spiro atoms. The maximum Gasteiger partial charge on any atom is 0.330 e. The molecule has 4 atom stereocenters. The van der Waals surface area contributed by atoms with E-state index < -0.39 is 45.2 Å². The average molecular weight is 485 g/mol. The fourth-order valence-corrected chi connectivity index (χ4v) is 5.35. The van der Waals surface area contributed by atoms with Gasteiger partial charge in [0.1, 0.15) is 36.7 Å². The van der Waals surface area contributed by atoms with E-state index in [2.05, 4.69) is 10.2 Å². The Balaban J connectivity index is 0.00000408. The highest BCUT2D eigenvalue weighted by Crippen LogP contribution is 2.51. The Kier molecular flexibility index (Phi) is 7.76. The second-order valence-electron chi connectivity index (χ2n) is 7.97. The van der Waals surface area contributed by atoms with Crippen molar-refractivity contribution in [2.24, 2.45) is 5.73 Å². The van der Waals surface area contributed by atoms with Crippen LogP contribution in [0.15, 0.2) is 30.3 Å². The largest absolute Gasteiger partial charge is 0.462 e. The van der Waals surface area contributed by atoms with Gasteiger partial charge in [0.05, 0.1) is 13.2 Å². The summed E-state index contributed by atoms with van der Waals surface area (Å²) < 4.78 is 9.71. The summed E-state index contributed by atoms with van der Waals surface area (Å²) in [6, 6.07) is 6.31. The second kappa shape index (κ2) is 10.4. The van der Waals surface area contributed by atoms with Crippen LogP contribution in [0, 0.1) is 10.1 Å². The molecule has 2 heterocycles. The predicted molar refractivity (Wildman–Crippen MR) is 118 cm³/mol. The van der Waals surface area contributed by atoms with Crippen LogP contribution in [0.1, 0.15) is 26.9 Å². The average Bonchev–Trinajstić information content (AvgIpc) is 3.04. The van der Waals surface area contributed by atoms with Crippen LogP contribution < -0.4 is 11.1 Å². The lowest BCUT2D eigenvalue weighted by atomic mass is 9.95. The van der Waals surface area contributed by atoms with E-state index in [1.54, 1.807) is 24.3 Å². The van der Waals surface area contributed by atoms with Gasteiger partial charge in [-0.25, -0.2) is 4.79 Å². The van der Waals surface area contributed by atoms with Crippen LogP contribution >= 0.6 is 11.8 Å². The van der Waals surface area contributed by atoms with Crippen molar-refractivity contribution in [2.45, 2.75) is 42.1 Å². The van der Waals surface area contributed by atoms with E-state index >= 15 is 0 Å². The molecule has 0 aromatic heterocycles. The van der Waals surface area contributed by atoms with Gasteiger partial charge in [-0.1, -0.05) is 30.3 Å². The summed E-state index contributed by atoms with van der Waals surface area (Å²) in [5.41, 5.74) is 6.65. The van der Waals surface area contributed by atoms with Gasteiger partial charge in [0.25, 0.3) is 5.09 Å². The first kappa shape index (κ1) is 24.7. The van der Waals surface area contributed by atoms with Crippen molar-refractivity contribution in [1.82, 2.24) is 10.2 Å². The Morgan fingerprint density at radius 2 is 1.94 bits per heavy atom. The number of β-lactam (4-membered cyclic amide) rings is 1. The highest BCUT2D eigenvalue weighted by molar-refractivity contribution is 8.01. The van der Waals surface area contributed by atoms with Gasteiger partial charge in [-0.05, 0) is 19.4 Å². The molecule has 3 N–H and O–H groups in total. The summed E-state index contributed by atoms with van der Waals surface area (Å²) in [7, 11) is 0. The molecule has 12 nitrogen and oxygen atoms in total. The van der Waals surface area contributed by atoms with Crippen LogP contribution in [0.25, 0.3) is 0 Å². The second-order valence-corrected chi connectivity index (χ2v) is 9.74. The molecule has 2 aliphatic heterocycles. The molecule has 1 aromatic rings. The lowest BCUT2D eigenvalue weighted by Crippen LogP contribution is -2.71. The number of hydrogen-bond donors (Lipinski definition) is 2. The summed E-state index contributed by atoms with van der Waals surface area (Å²) in [5, 5.41) is 11.4. The maximum atomic E-state index is 12.8. The number of rotatable bonds is 11. The molecule has 2 fully saturated rings. The molecule has 2 aliphatic rings. The molecule has 182 valence electrons. The molecule has 0 aliphatic carbocycles. The third-order valence-corrected chi connectivity index (χ3v) is 6.87. The topological polar surface area (TPSA) is 163 Å². The minimum Gasteiger partial charge on any atom is -0.462 e. The van der Waals surface area contributed by atoms with Crippen molar-refractivity contribution in [3.63, 3.8) is 0 Å². The Labute approximate surface area is 195 Å². The Bertz CT molecular complexity index is 906. The van der Waals surface area contributed by atoms with Crippen molar-refractivity contribution in [1.29, 1.82) is 0 Å². The number of fused-ring (bicyclic) bond motifs is 1. The first-order valence-electron chi connectivity index (χ1n) is 10.3. The van der Waals surface area contributed by atoms with Crippen LogP contribution in [-0.4, -0.2) is 76.4 Å². The molecule has 0 saturated carbocycles. The summed E-state index contributed by atoms with van der Waals surface area (Å²) in [4.78, 5) is 53.6. The fraction of sp³-hybridized carbons (Fsp3) is 0.550. The number of nitrogens with zero attached hydrogens (tertiary/aromatic N) is 2. The Morgan fingerprint density at radius 3 is 2.61 bits per heavy atom. The molecule has 2 amide bonds. The van der Waals surface area contributed by atoms with Gasteiger partial charge >= 0.3 is 5.97 Å². The lowest BCUT2D eigenvalue weighted by molar-refractivity contribution is -0.758. The van der Waals surface area contributed by atoms with Gasteiger partial charge in [-0.3, -0.25) is 9.59 Å². The quantitative estimate of drug-likeness (QED) is 0.146. The predicted octanol–water partition coefficient (Wildman–Crippen LogP) is 0.248. The summed E-state index contributed by atoms with van der Waals surface area (Å²) in [6.07, 6.45) is 0. The number of nitrogens with one attached hydrogen (secondary N) is 1. The number of amides is 2. The first-order chi connectivity index (χ1) is 15.6. The van der Waals surface area contributed by atoms with Crippen LogP contribution in [0.5, 0.6) is 0 Å². The van der Waals surface area contributed by atoms with Gasteiger partial charge in [0.2, 0.25) is 11.8 Å². The molecule has 0 radical (unpaired) electrons. The number of hydrogen-bond acceptors (Lipinski definition) is 10. The van der Waals surface area contributed by atoms with Crippen LogP contribution in [0.3, 0.4) is 0 Å². The van der Waals surface area contributed by atoms with E-state index in [-0.39, 0.29) is 33.8 Å². The number of nitrogens with two attached hydrogens (primary N) is 1. The summed E-state index contributed by atoms with van der Waals surface area (Å²) in [6.45, 7) is 3.36. The fourth-order valence-electron chi connectivity index (χ4n) is 3.73. The number of carbonyl (C=O) groups is 3. The minimum atomic E-state index is -0.922. The van der Waals surface area contributed by atoms with Gasteiger partial charge in [0, 0.05) is 6.17 Å². The number of carbonyl (C=O) groups excluding carboxylic acids is 3. The molecular formula is C20H28N4O8S. The molecule has 33 heavy (non-hydrogen) atoms. The van der Waals surface area contributed by atoms with Gasteiger partial charge in [0.15, 0.2) is 0 Å². The lowest BCUT2D eigenvalue weighted by Gasteiger charge is -2.44. The Morgan fingerprint density at radius 1 is 1.27 bits per heavy atom. The third-order valence-electron chi connectivity index (χ3n) is 5.30. The molecule has 0 bridgehead atoms. The van der Waals surface area contributed by atoms with Gasteiger partial charge < -0.3 is 30.3 Å². The van der Waals surface area contributed by atoms with E-state index in [1.807, 2.05) is 19.9 Å². The number of thioether (sulfide) groups is 1. The van der Waals surface area contributed by atoms with E-state index in [0.29, 0.717) is 5.56 Å².